The van der Waals surface area contributed by atoms with E-state index in [0.717, 1.165) is 18.5 Å². The second-order valence-electron chi connectivity index (χ2n) is 5.05. The Balaban J connectivity index is 1.84. The van der Waals surface area contributed by atoms with Gasteiger partial charge in [-0.3, -0.25) is 4.99 Å². The minimum atomic E-state index is 0.394. The summed E-state index contributed by atoms with van der Waals surface area (Å²) in [6, 6.07) is 15.9. The number of rotatable bonds is 7. The van der Waals surface area contributed by atoms with E-state index in [2.05, 4.69) is 22.4 Å². The van der Waals surface area contributed by atoms with Gasteiger partial charge in [-0.2, -0.15) is 0 Å². The summed E-state index contributed by atoms with van der Waals surface area (Å²) in [5.41, 5.74) is 8.04. The first kappa shape index (κ1) is 16.7. The minimum Gasteiger partial charge on any atom is -0.493 e. The molecule has 0 aliphatic rings. The van der Waals surface area contributed by atoms with Crippen molar-refractivity contribution in [3.05, 3.63) is 54.1 Å². The SMILES string of the molecule is COc1ccc(NC(N)=NCCCc2ccccc2)cc1OC. The molecule has 0 aliphatic heterocycles. The molecule has 3 N–H and O–H groups in total. The number of guanidine groups is 1. The highest BCUT2D eigenvalue weighted by atomic mass is 16.5. The van der Waals surface area contributed by atoms with Crippen molar-refractivity contribution in [3.8, 4) is 11.5 Å². The Kier molecular flexibility index (Phi) is 6.29. The first-order chi connectivity index (χ1) is 11.2. The van der Waals surface area contributed by atoms with Crippen molar-refractivity contribution in [2.24, 2.45) is 10.7 Å². The molecule has 5 heteroatoms. The summed E-state index contributed by atoms with van der Waals surface area (Å²) < 4.78 is 10.5. The predicted octanol–water partition coefficient (Wildman–Crippen LogP) is 3.06. The van der Waals surface area contributed by atoms with Gasteiger partial charge in [-0.1, -0.05) is 30.3 Å². The number of nitrogens with zero attached hydrogens (tertiary/aromatic N) is 1. The predicted molar refractivity (Wildman–Crippen MR) is 94.4 cm³/mol. The molecule has 0 aromatic heterocycles. The average molecular weight is 313 g/mol. The van der Waals surface area contributed by atoms with E-state index in [1.54, 1.807) is 14.2 Å². The van der Waals surface area contributed by atoms with Gasteiger partial charge in [0.2, 0.25) is 0 Å². The number of hydrogen-bond acceptors (Lipinski definition) is 3. The van der Waals surface area contributed by atoms with Crippen molar-refractivity contribution in [3.63, 3.8) is 0 Å². The topological polar surface area (TPSA) is 68.9 Å². The summed E-state index contributed by atoms with van der Waals surface area (Å²) in [7, 11) is 3.20. The number of benzene rings is 2. The third-order valence-corrected chi connectivity index (χ3v) is 3.40. The van der Waals surface area contributed by atoms with E-state index in [9.17, 15) is 0 Å². The summed E-state index contributed by atoms with van der Waals surface area (Å²) >= 11 is 0. The van der Waals surface area contributed by atoms with Crippen LogP contribution in [0.5, 0.6) is 11.5 Å². The molecule has 0 saturated heterocycles. The van der Waals surface area contributed by atoms with Gasteiger partial charge >= 0.3 is 0 Å². The second-order valence-corrected chi connectivity index (χ2v) is 5.05. The van der Waals surface area contributed by atoms with Gasteiger partial charge in [0.05, 0.1) is 14.2 Å². The standard InChI is InChI=1S/C18H23N3O2/c1-22-16-11-10-15(13-17(16)23-2)21-18(19)20-12-6-9-14-7-4-3-5-8-14/h3-5,7-8,10-11,13H,6,9,12H2,1-2H3,(H3,19,20,21). The fourth-order valence-corrected chi connectivity index (χ4v) is 2.23. The maximum absolute atomic E-state index is 5.91. The number of ether oxygens (including phenoxy) is 2. The molecule has 2 aromatic carbocycles. The summed E-state index contributed by atoms with van der Waals surface area (Å²) in [5.74, 6) is 1.72. The van der Waals surface area contributed by atoms with E-state index in [1.165, 1.54) is 5.56 Å². The molecule has 0 radical (unpaired) electrons. The van der Waals surface area contributed by atoms with Gasteiger partial charge in [-0.05, 0) is 30.5 Å². The van der Waals surface area contributed by atoms with Crippen LogP contribution in [-0.4, -0.2) is 26.7 Å². The van der Waals surface area contributed by atoms with Crippen LogP contribution in [0.15, 0.2) is 53.5 Å². The molecule has 0 atom stereocenters. The monoisotopic (exact) mass is 313 g/mol. The van der Waals surface area contributed by atoms with Gasteiger partial charge in [-0.25, -0.2) is 0 Å². The van der Waals surface area contributed by atoms with Gasteiger partial charge in [0, 0.05) is 18.3 Å². The summed E-state index contributed by atoms with van der Waals surface area (Å²) in [6.07, 6.45) is 1.95. The third kappa shape index (κ3) is 5.21. The quantitative estimate of drug-likeness (QED) is 0.468. The molecule has 0 saturated carbocycles. The molecule has 5 nitrogen and oxygen atoms in total. The Morgan fingerprint density at radius 3 is 2.48 bits per heavy atom. The number of aryl methyl sites for hydroxylation is 1. The zero-order valence-corrected chi connectivity index (χ0v) is 13.6. The van der Waals surface area contributed by atoms with Crippen molar-refractivity contribution in [2.45, 2.75) is 12.8 Å². The fourth-order valence-electron chi connectivity index (χ4n) is 2.23. The van der Waals surface area contributed by atoms with Crippen LogP contribution in [0.25, 0.3) is 0 Å². The van der Waals surface area contributed by atoms with E-state index in [1.807, 2.05) is 36.4 Å². The van der Waals surface area contributed by atoms with Crippen LogP contribution in [0, 0.1) is 0 Å². The molecule has 122 valence electrons. The lowest BCUT2D eigenvalue weighted by atomic mass is 10.1. The van der Waals surface area contributed by atoms with Crippen LogP contribution in [0.4, 0.5) is 5.69 Å². The van der Waals surface area contributed by atoms with E-state index in [4.69, 9.17) is 15.2 Å². The average Bonchev–Trinajstić information content (AvgIpc) is 2.59. The summed E-state index contributed by atoms with van der Waals surface area (Å²) in [6.45, 7) is 0.682. The Morgan fingerprint density at radius 2 is 1.78 bits per heavy atom. The van der Waals surface area contributed by atoms with Crippen molar-refractivity contribution in [1.29, 1.82) is 0 Å². The maximum Gasteiger partial charge on any atom is 0.193 e. The Bertz CT molecular complexity index is 642. The molecular formula is C18H23N3O2. The first-order valence-corrected chi connectivity index (χ1v) is 7.56. The Hall–Kier alpha value is -2.69. The molecule has 2 aromatic rings. The van der Waals surface area contributed by atoms with E-state index >= 15 is 0 Å². The van der Waals surface area contributed by atoms with E-state index in [-0.39, 0.29) is 0 Å². The fraction of sp³-hybridized carbons (Fsp3) is 0.278. The molecule has 0 aliphatic carbocycles. The third-order valence-electron chi connectivity index (χ3n) is 3.40. The number of nitrogens with two attached hydrogens (primary N) is 1. The molecule has 0 bridgehead atoms. The molecule has 0 spiro atoms. The van der Waals surface area contributed by atoms with Crippen LogP contribution in [0.3, 0.4) is 0 Å². The number of nitrogens with one attached hydrogen (secondary N) is 1. The first-order valence-electron chi connectivity index (χ1n) is 7.56. The van der Waals surface area contributed by atoms with Crippen LogP contribution < -0.4 is 20.5 Å². The lowest BCUT2D eigenvalue weighted by Crippen LogP contribution is -2.22. The number of methoxy groups -OCH3 is 2. The number of hydrogen-bond donors (Lipinski definition) is 2. The molecular weight excluding hydrogens is 290 g/mol. The highest BCUT2D eigenvalue weighted by Gasteiger charge is 2.04. The van der Waals surface area contributed by atoms with Crippen LogP contribution in [-0.2, 0) is 6.42 Å². The number of anilines is 1. The highest BCUT2D eigenvalue weighted by Crippen LogP contribution is 2.29. The van der Waals surface area contributed by atoms with Gasteiger partial charge in [0.1, 0.15) is 0 Å². The summed E-state index contributed by atoms with van der Waals surface area (Å²) in [4.78, 5) is 4.34. The second kappa shape index (κ2) is 8.68. The van der Waals surface area contributed by atoms with Crippen LogP contribution in [0.1, 0.15) is 12.0 Å². The molecule has 0 fully saturated rings. The Labute approximate surface area is 137 Å². The molecule has 0 unspecified atom stereocenters. The maximum atomic E-state index is 5.91. The Morgan fingerprint density at radius 1 is 1.04 bits per heavy atom. The van der Waals surface area contributed by atoms with Crippen LogP contribution >= 0.6 is 0 Å². The van der Waals surface area contributed by atoms with Crippen molar-refractivity contribution >= 4 is 11.6 Å². The smallest absolute Gasteiger partial charge is 0.193 e. The van der Waals surface area contributed by atoms with Gasteiger partial charge in [0.25, 0.3) is 0 Å². The molecule has 0 amide bonds. The molecule has 2 rings (SSSR count). The molecule has 23 heavy (non-hydrogen) atoms. The van der Waals surface area contributed by atoms with Crippen LogP contribution in [0.2, 0.25) is 0 Å². The van der Waals surface area contributed by atoms with Gasteiger partial charge < -0.3 is 20.5 Å². The minimum absolute atomic E-state index is 0.394. The lowest BCUT2D eigenvalue weighted by Gasteiger charge is -2.10. The van der Waals surface area contributed by atoms with Crippen molar-refractivity contribution in [2.75, 3.05) is 26.1 Å². The lowest BCUT2D eigenvalue weighted by molar-refractivity contribution is 0.355. The normalized spacial score (nSPS) is 11.1. The van der Waals surface area contributed by atoms with E-state index in [0.29, 0.717) is 24.0 Å². The van der Waals surface area contributed by atoms with Crippen molar-refractivity contribution < 1.29 is 9.47 Å². The molecule has 0 heterocycles. The van der Waals surface area contributed by atoms with Gasteiger partial charge in [-0.15, -0.1) is 0 Å². The van der Waals surface area contributed by atoms with E-state index < -0.39 is 0 Å². The largest absolute Gasteiger partial charge is 0.493 e. The van der Waals surface area contributed by atoms with Gasteiger partial charge in [0.15, 0.2) is 17.5 Å². The van der Waals surface area contributed by atoms with Crippen molar-refractivity contribution in [1.82, 2.24) is 0 Å². The zero-order chi connectivity index (χ0) is 16.5. The number of aliphatic imine (C=N–C) groups is 1. The highest BCUT2D eigenvalue weighted by molar-refractivity contribution is 5.92. The summed E-state index contributed by atoms with van der Waals surface area (Å²) in [5, 5.41) is 3.06. The zero-order valence-electron chi connectivity index (χ0n) is 13.6.